The van der Waals surface area contributed by atoms with Gasteiger partial charge >= 0.3 is 0 Å². The van der Waals surface area contributed by atoms with Gasteiger partial charge in [0.25, 0.3) is 0 Å². The Hall–Kier alpha value is -1.33. The second-order valence-corrected chi connectivity index (χ2v) is 4.40. The third-order valence-electron chi connectivity index (χ3n) is 2.87. The quantitative estimate of drug-likeness (QED) is 0.925. The molecule has 0 fully saturated rings. The zero-order valence-electron chi connectivity index (χ0n) is 11.0. The third kappa shape index (κ3) is 3.58. The van der Waals surface area contributed by atoms with Gasteiger partial charge in [-0.05, 0) is 26.1 Å². The van der Waals surface area contributed by atoms with Crippen molar-refractivity contribution in [1.29, 1.82) is 0 Å². The second-order valence-electron chi connectivity index (χ2n) is 4.40. The highest BCUT2D eigenvalue weighted by atomic mass is 35.5. The highest BCUT2D eigenvalue weighted by Gasteiger charge is 2.27. The normalized spacial score (nSPS) is 17.2. The predicted molar refractivity (Wildman–Crippen MR) is 74.6 cm³/mol. The Balaban J connectivity index is 0.00000180. The minimum Gasteiger partial charge on any atom is -0.487 e. The van der Waals surface area contributed by atoms with Crippen LogP contribution >= 0.6 is 12.4 Å². The Morgan fingerprint density at radius 1 is 1.58 bits per heavy atom. The number of amides is 1. The lowest BCUT2D eigenvalue weighted by atomic mass is 10.1. The molecule has 0 aromatic heterocycles. The highest BCUT2D eigenvalue weighted by molar-refractivity contribution is 5.95. The molecule has 1 atom stereocenters. The van der Waals surface area contributed by atoms with Crippen molar-refractivity contribution in [1.82, 2.24) is 5.32 Å². The van der Waals surface area contributed by atoms with Gasteiger partial charge in [0, 0.05) is 19.0 Å². The van der Waals surface area contributed by atoms with Crippen LogP contribution in [-0.2, 0) is 4.79 Å². The molecule has 0 saturated carbocycles. The Morgan fingerprint density at radius 3 is 3.00 bits per heavy atom. The molecule has 0 saturated heterocycles. The van der Waals surface area contributed by atoms with Crippen LogP contribution in [0.25, 0.3) is 0 Å². The minimum atomic E-state index is -0.356. The number of hydrogen-bond donors (Lipinski definition) is 1. The molecule has 1 aliphatic heterocycles. The molecule has 0 aliphatic carbocycles. The van der Waals surface area contributed by atoms with E-state index in [2.05, 4.69) is 5.32 Å². The largest absolute Gasteiger partial charge is 0.487 e. The average Bonchev–Trinajstić information content (AvgIpc) is 2.34. The summed E-state index contributed by atoms with van der Waals surface area (Å²) in [6, 6.07) is 4.26. The van der Waals surface area contributed by atoms with E-state index in [1.54, 1.807) is 18.0 Å². The van der Waals surface area contributed by atoms with Crippen molar-refractivity contribution in [3.05, 3.63) is 24.0 Å². The third-order valence-corrected chi connectivity index (χ3v) is 2.87. The molecule has 1 heterocycles. The molecule has 0 spiro atoms. The Labute approximate surface area is 118 Å². The van der Waals surface area contributed by atoms with Gasteiger partial charge < -0.3 is 15.0 Å². The summed E-state index contributed by atoms with van der Waals surface area (Å²) in [6.07, 6.45) is 0.290. The van der Waals surface area contributed by atoms with Crippen molar-refractivity contribution < 1.29 is 13.9 Å². The molecule has 6 heteroatoms. The van der Waals surface area contributed by atoms with E-state index in [-0.39, 0.29) is 30.2 Å². The first kappa shape index (κ1) is 15.7. The van der Waals surface area contributed by atoms with Crippen molar-refractivity contribution >= 4 is 24.0 Å². The molecule has 1 amide bonds. The summed E-state index contributed by atoms with van der Waals surface area (Å²) < 4.78 is 18.7. The number of carbonyl (C=O) groups is 1. The minimum absolute atomic E-state index is 0. The zero-order valence-corrected chi connectivity index (χ0v) is 11.8. The van der Waals surface area contributed by atoms with E-state index in [1.807, 2.05) is 6.92 Å². The smallest absolute Gasteiger partial charge is 0.228 e. The van der Waals surface area contributed by atoms with E-state index in [9.17, 15) is 9.18 Å². The van der Waals surface area contributed by atoms with E-state index in [4.69, 9.17) is 4.74 Å². The van der Waals surface area contributed by atoms with Gasteiger partial charge in [-0.1, -0.05) is 0 Å². The van der Waals surface area contributed by atoms with Crippen LogP contribution in [0.3, 0.4) is 0 Å². The molecule has 1 aromatic carbocycles. The van der Waals surface area contributed by atoms with Crippen molar-refractivity contribution in [2.24, 2.45) is 0 Å². The molecular formula is C13H18ClFN2O2. The van der Waals surface area contributed by atoms with E-state index < -0.39 is 0 Å². The Kier molecular flexibility index (Phi) is 5.57. The molecule has 4 nitrogen and oxygen atoms in total. The number of carbonyl (C=O) groups excluding carboxylic acids is 1. The SMILES string of the molecule is CNCCC(=O)N1CC(C)Oc2cc(F)ccc21.Cl. The fraction of sp³-hybridized carbons (Fsp3) is 0.462. The molecule has 1 aromatic rings. The summed E-state index contributed by atoms with van der Waals surface area (Å²) in [5.41, 5.74) is 0.649. The highest BCUT2D eigenvalue weighted by Crippen LogP contribution is 2.34. The maximum Gasteiger partial charge on any atom is 0.228 e. The molecular weight excluding hydrogens is 271 g/mol. The van der Waals surface area contributed by atoms with Crippen LogP contribution in [0.4, 0.5) is 10.1 Å². The van der Waals surface area contributed by atoms with E-state index in [0.29, 0.717) is 30.9 Å². The number of rotatable bonds is 3. The van der Waals surface area contributed by atoms with Crippen LogP contribution in [0.15, 0.2) is 18.2 Å². The van der Waals surface area contributed by atoms with Crippen molar-refractivity contribution in [3.63, 3.8) is 0 Å². The van der Waals surface area contributed by atoms with Crippen LogP contribution in [-0.4, -0.2) is 32.1 Å². The first-order valence-corrected chi connectivity index (χ1v) is 6.03. The Morgan fingerprint density at radius 2 is 2.32 bits per heavy atom. The Bertz CT molecular complexity index is 456. The van der Waals surface area contributed by atoms with Gasteiger partial charge in [0.15, 0.2) is 0 Å². The lowest BCUT2D eigenvalue weighted by molar-refractivity contribution is -0.119. The topological polar surface area (TPSA) is 41.6 Å². The van der Waals surface area contributed by atoms with Gasteiger partial charge in [-0.3, -0.25) is 4.79 Å². The van der Waals surface area contributed by atoms with Crippen LogP contribution in [0, 0.1) is 5.82 Å². The average molecular weight is 289 g/mol. The first-order valence-electron chi connectivity index (χ1n) is 6.03. The summed E-state index contributed by atoms with van der Waals surface area (Å²) >= 11 is 0. The molecule has 1 aliphatic rings. The molecule has 19 heavy (non-hydrogen) atoms. The number of benzene rings is 1. The summed E-state index contributed by atoms with van der Waals surface area (Å²) in [5.74, 6) is 0.101. The fourth-order valence-electron chi connectivity index (χ4n) is 2.02. The van der Waals surface area contributed by atoms with Gasteiger partial charge in [-0.15, -0.1) is 12.4 Å². The standard InChI is InChI=1S/C13H17FN2O2.ClH/c1-9-8-16(13(17)5-6-15-2)11-4-3-10(14)7-12(11)18-9;/h3-4,7,9,15H,5-6,8H2,1-2H3;1H. The van der Waals surface area contributed by atoms with Gasteiger partial charge in [0.05, 0.1) is 12.2 Å². The molecule has 0 radical (unpaired) electrons. The lowest BCUT2D eigenvalue weighted by Crippen LogP contribution is -2.43. The number of nitrogens with zero attached hydrogens (tertiary/aromatic N) is 1. The van der Waals surface area contributed by atoms with Crippen molar-refractivity contribution in [3.8, 4) is 5.75 Å². The molecule has 106 valence electrons. The zero-order chi connectivity index (χ0) is 13.1. The van der Waals surface area contributed by atoms with Crippen molar-refractivity contribution in [2.45, 2.75) is 19.4 Å². The van der Waals surface area contributed by atoms with Crippen LogP contribution < -0.4 is 15.0 Å². The van der Waals surface area contributed by atoms with E-state index in [0.717, 1.165) is 0 Å². The van der Waals surface area contributed by atoms with Gasteiger partial charge in [-0.25, -0.2) is 4.39 Å². The lowest BCUT2D eigenvalue weighted by Gasteiger charge is -2.33. The molecule has 2 rings (SSSR count). The maximum absolute atomic E-state index is 13.2. The van der Waals surface area contributed by atoms with Crippen LogP contribution in [0.2, 0.25) is 0 Å². The molecule has 1 unspecified atom stereocenters. The fourth-order valence-corrected chi connectivity index (χ4v) is 2.02. The second kappa shape index (κ2) is 6.73. The van der Waals surface area contributed by atoms with Crippen LogP contribution in [0.1, 0.15) is 13.3 Å². The van der Waals surface area contributed by atoms with Gasteiger partial charge in [-0.2, -0.15) is 0 Å². The van der Waals surface area contributed by atoms with Crippen LogP contribution in [0.5, 0.6) is 5.75 Å². The summed E-state index contributed by atoms with van der Waals surface area (Å²) in [5, 5.41) is 2.94. The number of hydrogen-bond acceptors (Lipinski definition) is 3. The number of ether oxygens (including phenoxy) is 1. The van der Waals surface area contributed by atoms with E-state index in [1.165, 1.54) is 12.1 Å². The molecule has 0 bridgehead atoms. The number of halogens is 2. The molecule has 1 N–H and O–H groups in total. The van der Waals surface area contributed by atoms with E-state index >= 15 is 0 Å². The maximum atomic E-state index is 13.2. The number of anilines is 1. The monoisotopic (exact) mass is 288 g/mol. The van der Waals surface area contributed by atoms with Crippen molar-refractivity contribution in [2.75, 3.05) is 25.0 Å². The first-order chi connectivity index (χ1) is 8.61. The summed E-state index contributed by atoms with van der Waals surface area (Å²) in [7, 11) is 1.80. The van der Waals surface area contributed by atoms with Gasteiger partial charge in [0.2, 0.25) is 5.91 Å². The number of fused-ring (bicyclic) bond motifs is 1. The predicted octanol–water partition coefficient (Wildman–Crippen LogP) is 1.97. The van der Waals surface area contributed by atoms with Gasteiger partial charge in [0.1, 0.15) is 17.7 Å². The summed E-state index contributed by atoms with van der Waals surface area (Å²) in [6.45, 7) is 2.99. The number of nitrogens with one attached hydrogen (secondary N) is 1. The summed E-state index contributed by atoms with van der Waals surface area (Å²) in [4.78, 5) is 13.8.